The van der Waals surface area contributed by atoms with Gasteiger partial charge in [-0.15, -0.1) is 0 Å². The number of benzene rings is 1. The molecule has 0 atom stereocenters. The molecule has 0 radical (unpaired) electrons. The molecule has 1 aliphatic carbocycles. The van der Waals surface area contributed by atoms with Crippen molar-refractivity contribution in [3.8, 4) is 11.3 Å². The molecule has 0 saturated carbocycles. The van der Waals surface area contributed by atoms with Crippen molar-refractivity contribution < 1.29 is 4.52 Å². The Morgan fingerprint density at radius 3 is 2.55 bits per heavy atom. The molecule has 3 aromatic rings. The van der Waals surface area contributed by atoms with Crippen LogP contribution in [0.4, 0.5) is 0 Å². The summed E-state index contributed by atoms with van der Waals surface area (Å²) in [5, 5.41) is 4.10. The van der Waals surface area contributed by atoms with E-state index in [0.717, 1.165) is 45.9 Å². The molecule has 0 N–H and O–H groups in total. The maximum atomic E-state index is 5.47. The van der Waals surface area contributed by atoms with E-state index in [-0.39, 0.29) is 5.41 Å². The molecule has 20 heavy (non-hydrogen) atoms. The van der Waals surface area contributed by atoms with Gasteiger partial charge in [-0.3, -0.25) is 0 Å². The summed E-state index contributed by atoms with van der Waals surface area (Å²) in [7, 11) is 0. The monoisotopic (exact) mass is 265 g/mol. The van der Waals surface area contributed by atoms with E-state index in [0.29, 0.717) is 0 Å². The zero-order valence-electron chi connectivity index (χ0n) is 11.8. The van der Waals surface area contributed by atoms with Gasteiger partial charge in [0.15, 0.2) is 0 Å². The van der Waals surface area contributed by atoms with Crippen LogP contribution in [0.25, 0.3) is 22.3 Å². The quantitative estimate of drug-likeness (QED) is 0.625. The SMILES string of the molecule is Cc1noc2c1-c1nc3ccccc3nc1C(C)(C)C2. The van der Waals surface area contributed by atoms with Crippen LogP contribution in [0, 0.1) is 6.92 Å². The summed E-state index contributed by atoms with van der Waals surface area (Å²) in [6.45, 7) is 6.31. The molecular formula is C16H15N3O. The van der Waals surface area contributed by atoms with Crippen LogP contribution in [-0.4, -0.2) is 15.1 Å². The highest BCUT2D eigenvalue weighted by molar-refractivity contribution is 5.80. The Bertz CT molecular complexity index is 833. The molecule has 2 heterocycles. The van der Waals surface area contributed by atoms with Crippen LogP contribution in [-0.2, 0) is 11.8 Å². The zero-order valence-corrected chi connectivity index (χ0v) is 11.8. The van der Waals surface area contributed by atoms with Gasteiger partial charge in [0.25, 0.3) is 0 Å². The number of fused-ring (bicyclic) bond motifs is 4. The first-order valence-corrected chi connectivity index (χ1v) is 6.79. The summed E-state index contributed by atoms with van der Waals surface area (Å²) in [6.07, 6.45) is 0.809. The molecule has 100 valence electrons. The zero-order chi connectivity index (χ0) is 13.9. The van der Waals surface area contributed by atoms with Crippen molar-refractivity contribution in [3.63, 3.8) is 0 Å². The third-order valence-corrected chi connectivity index (χ3v) is 3.98. The van der Waals surface area contributed by atoms with Crippen molar-refractivity contribution in [1.29, 1.82) is 0 Å². The molecule has 4 nitrogen and oxygen atoms in total. The Morgan fingerprint density at radius 1 is 1.10 bits per heavy atom. The van der Waals surface area contributed by atoms with Gasteiger partial charge in [-0.05, 0) is 19.1 Å². The Hall–Kier alpha value is -2.23. The minimum Gasteiger partial charge on any atom is -0.360 e. The summed E-state index contributed by atoms with van der Waals surface area (Å²) in [5.41, 5.74) is 5.64. The van der Waals surface area contributed by atoms with Crippen LogP contribution in [0.15, 0.2) is 28.8 Å². The number of aromatic nitrogens is 3. The number of aryl methyl sites for hydroxylation is 1. The second-order valence-electron chi connectivity index (χ2n) is 6.04. The van der Waals surface area contributed by atoms with E-state index in [9.17, 15) is 0 Å². The number of rotatable bonds is 0. The minimum absolute atomic E-state index is 0.0919. The fourth-order valence-electron chi connectivity index (χ4n) is 2.97. The highest BCUT2D eigenvalue weighted by Crippen LogP contribution is 2.42. The summed E-state index contributed by atoms with van der Waals surface area (Å²) in [6, 6.07) is 7.98. The molecule has 4 heteroatoms. The van der Waals surface area contributed by atoms with Crippen molar-refractivity contribution in [2.24, 2.45) is 0 Å². The first-order valence-electron chi connectivity index (χ1n) is 6.79. The first-order chi connectivity index (χ1) is 9.56. The molecule has 0 aliphatic heterocycles. The van der Waals surface area contributed by atoms with Crippen molar-refractivity contribution in [2.45, 2.75) is 32.6 Å². The van der Waals surface area contributed by atoms with Gasteiger partial charge in [0, 0.05) is 11.8 Å². The summed E-state index contributed by atoms with van der Waals surface area (Å²) < 4.78 is 5.47. The number of nitrogens with zero attached hydrogens (tertiary/aromatic N) is 3. The average Bonchev–Trinajstić information content (AvgIpc) is 2.77. The largest absolute Gasteiger partial charge is 0.360 e. The molecule has 2 aromatic heterocycles. The molecule has 4 rings (SSSR count). The fraction of sp³-hybridized carbons (Fsp3) is 0.312. The van der Waals surface area contributed by atoms with Crippen LogP contribution in [0.5, 0.6) is 0 Å². The van der Waals surface area contributed by atoms with E-state index in [1.54, 1.807) is 0 Å². The molecule has 0 spiro atoms. The lowest BCUT2D eigenvalue weighted by molar-refractivity contribution is 0.346. The van der Waals surface area contributed by atoms with Gasteiger partial charge >= 0.3 is 0 Å². The summed E-state index contributed by atoms with van der Waals surface area (Å²) in [4.78, 5) is 9.68. The van der Waals surface area contributed by atoms with E-state index < -0.39 is 0 Å². The molecule has 0 amide bonds. The highest BCUT2D eigenvalue weighted by Gasteiger charge is 2.37. The lowest BCUT2D eigenvalue weighted by Crippen LogP contribution is -2.27. The predicted molar refractivity (Wildman–Crippen MR) is 76.5 cm³/mol. The van der Waals surface area contributed by atoms with Gasteiger partial charge in [0.05, 0.1) is 33.7 Å². The van der Waals surface area contributed by atoms with Crippen LogP contribution in [0.3, 0.4) is 0 Å². The molecular weight excluding hydrogens is 250 g/mol. The van der Waals surface area contributed by atoms with Crippen molar-refractivity contribution in [1.82, 2.24) is 15.1 Å². The third kappa shape index (κ3) is 1.45. The van der Waals surface area contributed by atoms with Gasteiger partial charge in [0.2, 0.25) is 0 Å². The maximum Gasteiger partial charge on any atom is 0.147 e. The van der Waals surface area contributed by atoms with E-state index in [2.05, 4.69) is 19.0 Å². The lowest BCUT2D eigenvalue weighted by atomic mass is 9.77. The molecule has 1 aliphatic rings. The molecule has 0 fully saturated rings. The highest BCUT2D eigenvalue weighted by atomic mass is 16.5. The Balaban J connectivity index is 2.13. The predicted octanol–water partition coefficient (Wildman–Crippen LogP) is 3.43. The third-order valence-electron chi connectivity index (χ3n) is 3.98. The van der Waals surface area contributed by atoms with Crippen LogP contribution in [0.1, 0.15) is 31.0 Å². The molecule has 1 aromatic carbocycles. The van der Waals surface area contributed by atoms with E-state index in [1.807, 2.05) is 31.2 Å². The van der Waals surface area contributed by atoms with Gasteiger partial charge < -0.3 is 4.52 Å². The normalized spacial score (nSPS) is 15.9. The van der Waals surface area contributed by atoms with E-state index >= 15 is 0 Å². The summed E-state index contributed by atoms with van der Waals surface area (Å²) >= 11 is 0. The van der Waals surface area contributed by atoms with Crippen molar-refractivity contribution in [3.05, 3.63) is 41.4 Å². The summed E-state index contributed by atoms with van der Waals surface area (Å²) in [5.74, 6) is 0.921. The van der Waals surface area contributed by atoms with E-state index in [1.165, 1.54) is 0 Å². The number of hydrogen-bond donors (Lipinski definition) is 0. The number of hydrogen-bond acceptors (Lipinski definition) is 4. The van der Waals surface area contributed by atoms with E-state index in [4.69, 9.17) is 14.5 Å². The molecule has 0 saturated heterocycles. The average molecular weight is 265 g/mol. The number of para-hydroxylation sites is 2. The van der Waals surface area contributed by atoms with Crippen molar-refractivity contribution in [2.75, 3.05) is 0 Å². The lowest BCUT2D eigenvalue weighted by Gasteiger charge is -2.29. The smallest absolute Gasteiger partial charge is 0.147 e. The topological polar surface area (TPSA) is 51.8 Å². The Kier molecular flexibility index (Phi) is 2.12. The Morgan fingerprint density at radius 2 is 1.80 bits per heavy atom. The van der Waals surface area contributed by atoms with Gasteiger partial charge in [-0.1, -0.05) is 31.1 Å². The molecule has 0 unspecified atom stereocenters. The van der Waals surface area contributed by atoms with Crippen LogP contribution >= 0.6 is 0 Å². The van der Waals surface area contributed by atoms with Gasteiger partial charge in [-0.2, -0.15) is 0 Å². The van der Waals surface area contributed by atoms with Crippen LogP contribution < -0.4 is 0 Å². The van der Waals surface area contributed by atoms with Crippen molar-refractivity contribution >= 4 is 11.0 Å². The molecule has 0 bridgehead atoms. The van der Waals surface area contributed by atoms with Gasteiger partial charge in [-0.25, -0.2) is 9.97 Å². The van der Waals surface area contributed by atoms with Crippen LogP contribution in [0.2, 0.25) is 0 Å². The Labute approximate surface area is 116 Å². The first kappa shape index (κ1) is 11.6. The minimum atomic E-state index is -0.0919. The maximum absolute atomic E-state index is 5.47. The second-order valence-corrected chi connectivity index (χ2v) is 6.04. The second kappa shape index (κ2) is 3.66. The standard InChI is InChI=1S/C16H15N3O/c1-9-13-12(20-19-9)8-16(2,3)15-14(13)17-10-6-4-5-7-11(10)18-15/h4-7H,8H2,1-3H3. The van der Waals surface area contributed by atoms with Gasteiger partial charge in [0.1, 0.15) is 5.76 Å². The fourth-order valence-corrected chi connectivity index (χ4v) is 2.97.